The summed E-state index contributed by atoms with van der Waals surface area (Å²) in [5.41, 5.74) is 18.7. The average molecular weight is 873 g/mol. The SMILES string of the molecule is Cc1cc(C)cc(-c2nc(-c3cc(C)cc(C)c3)nc(-n3c4ccc(-c5ccc6c(c5)C(C)(C)c5ccccc5-6)cc4c4cc(-c5ccc6c7ccccc7c7ccccc7c6c5)ccc43)n2)c1. The van der Waals surface area contributed by atoms with E-state index in [1.165, 1.54) is 93.5 Å². The summed E-state index contributed by atoms with van der Waals surface area (Å²) in [5.74, 6) is 1.89. The Morgan fingerprint density at radius 3 is 1.28 bits per heavy atom. The number of fused-ring (bicyclic) bond motifs is 12. The lowest BCUT2D eigenvalue weighted by molar-refractivity contribution is 0.660. The Hall–Kier alpha value is -8.21. The second kappa shape index (κ2) is 14.9. The maximum atomic E-state index is 5.36. The Labute approximate surface area is 396 Å². The summed E-state index contributed by atoms with van der Waals surface area (Å²) in [5, 5.41) is 9.89. The van der Waals surface area contributed by atoms with Crippen molar-refractivity contribution in [3.05, 3.63) is 215 Å². The molecule has 13 rings (SSSR count). The van der Waals surface area contributed by atoms with Gasteiger partial charge in [-0.3, -0.25) is 4.57 Å². The summed E-state index contributed by atoms with van der Waals surface area (Å²) in [7, 11) is 0. The molecule has 0 N–H and O–H groups in total. The van der Waals surface area contributed by atoms with Gasteiger partial charge in [0, 0.05) is 27.3 Å². The molecule has 0 aliphatic heterocycles. The third-order valence-corrected chi connectivity index (χ3v) is 14.5. The fourth-order valence-electron chi connectivity index (χ4n) is 11.5. The van der Waals surface area contributed by atoms with Gasteiger partial charge in [-0.05, 0) is 165 Å². The van der Waals surface area contributed by atoms with Crippen LogP contribution in [0.15, 0.2) is 182 Å². The van der Waals surface area contributed by atoms with Gasteiger partial charge in [0.1, 0.15) is 0 Å². The summed E-state index contributed by atoms with van der Waals surface area (Å²) in [4.78, 5) is 15.9. The van der Waals surface area contributed by atoms with Gasteiger partial charge < -0.3 is 0 Å². The van der Waals surface area contributed by atoms with Crippen molar-refractivity contribution in [1.29, 1.82) is 0 Å². The van der Waals surface area contributed by atoms with Crippen LogP contribution in [0.1, 0.15) is 47.2 Å². The van der Waals surface area contributed by atoms with E-state index in [0.29, 0.717) is 17.6 Å². The molecular weight excluding hydrogens is 825 g/mol. The highest BCUT2D eigenvalue weighted by Crippen LogP contribution is 2.50. The summed E-state index contributed by atoms with van der Waals surface area (Å²) in [6.07, 6.45) is 0. The van der Waals surface area contributed by atoms with Crippen LogP contribution in [-0.4, -0.2) is 19.5 Å². The maximum absolute atomic E-state index is 5.36. The Morgan fingerprint density at radius 2 is 0.735 bits per heavy atom. The first-order chi connectivity index (χ1) is 33.1. The highest BCUT2D eigenvalue weighted by molar-refractivity contribution is 6.26. The molecule has 10 aromatic carbocycles. The third-order valence-electron chi connectivity index (χ3n) is 14.5. The van der Waals surface area contributed by atoms with Crippen molar-refractivity contribution in [2.45, 2.75) is 47.0 Å². The Morgan fingerprint density at radius 1 is 0.324 bits per heavy atom. The first kappa shape index (κ1) is 40.1. The minimum absolute atomic E-state index is 0.103. The predicted molar refractivity (Wildman–Crippen MR) is 285 cm³/mol. The highest BCUT2D eigenvalue weighted by atomic mass is 15.2. The second-order valence-corrected chi connectivity index (χ2v) is 19.6. The molecule has 324 valence electrons. The van der Waals surface area contributed by atoms with Crippen LogP contribution in [0.3, 0.4) is 0 Å². The van der Waals surface area contributed by atoms with Crippen LogP contribution in [0, 0.1) is 27.7 Å². The second-order valence-electron chi connectivity index (χ2n) is 19.6. The van der Waals surface area contributed by atoms with Crippen molar-refractivity contribution >= 4 is 54.1 Å². The van der Waals surface area contributed by atoms with Crippen LogP contribution in [0.2, 0.25) is 0 Å². The number of aryl methyl sites for hydroxylation is 4. The normalized spacial score (nSPS) is 13.0. The summed E-state index contributed by atoms with van der Waals surface area (Å²) >= 11 is 0. The molecule has 0 fully saturated rings. The van der Waals surface area contributed by atoms with Crippen LogP contribution in [-0.2, 0) is 5.41 Å². The smallest absolute Gasteiger partial charge is 0.238 e. The van der Waals surface area contributed by atoms with Crippen molar-refractivity contribution in [2.24, 2.45) is 0 Å². The number of nitrogens with zero attached hydrogens (tertiary/aromatic N) is 4. The van der Waals surface area contributed by atoms with Crippen molar-refractivity contribution in [3.63, 3.8) is 0 Å². The van der Waals surface area contributed by atoms with Gasteiger partial charge >= 0.3 is 0 Å². The fraction of sp³-hybridized carbons (Fsp3) is 0.109. The van der Waals surface area contributed by atoms with Crippen LogP contribution < -0.4 is 0 Å². The molecule has 0 spiro atoms. The summed E-state index contributed by atoms with van der Waals surface area (Å²) in [6, 6.07) is 67.4. The number of rotatable bonds is 5. The Balaban J connectivity index is 1.06. The van der Waals surface area contributed by atoms with Crippen molar-refractivity contribution in [2.75, 3.05) is 0 Å². The van der Waals surface area contributed by atoms with Crippen molar-refractivity contribution in [3.8, 4) is 62.1 Å². The predicted octanol–water partition coefficient (Wildman–Crippen LogP) is 16.6. The monoisotopic (exact) mass is 872 g/mol. The van der Waals surface area contributed by atoms with Gasteiger partial charge in [-0.1, -0.05) is 157 Å². The highest BCUT2D eigenvalue weighted by Gasteiger charge is 2.35. The first-order valence-corrected chi connectivity index (χ1v) is 23.7. The van der Waals surface area contributed by atoms with E-state index in [1.807, 2.05) is 0 Å². The van der Waals surface area contributed by atoms with Crippen molar-refractivity contribution < 1.29 is 0 Å². The van der Waals surface area contributed by atoms with Crippen LogP contribution >= 0.6 is 0 Å². The molecule has 4 nitrogen and oxygen atoms in total. The van der Waals surface area contributed by atoms with Gasteiger partial charge in [0.2, 0.25) is 5.95 Å². The summed E-state index contributed by atoms with van der Waals surface area (Å²) in [6.45, 7) is 13.2. The molecular formula is C64H48N4. The molecule has 2 heterocycles. The van der Waals surface area contributed by atoms with E-state index < -0.39 is 0 Å². The van der Waals surface area contributed by atoms with E-state index in [-0.39, 0.29) is 5.41 Å². The van der Waals surface area contributed by atoms with E-state index in [4.69, 9.17) is 15.0 Å². The quantitative estimate of drug-likeness (QED) is 0.162. The summed E-state index contributed by atoms with van der Waals surface area (Å²) < 4.78 is 2.25. The molecule has 0 amide bonds. The number of aromatic nitrogens is 4. The molecule has 1 aliphatic rings. The standard InChI is InChI=1S/C64H48N4/c1-37-27-38(2)30-45(29-37)61-65-62(46-31-39(3)28-40(4)32-46)67-63(66-61)68-59-25-21-42(41-19-23-51-49-15-8-7-13-47(49)48-14-9-10-16-50(48)54(51)33-41)34-55(59)56-35-43(22-26-60(56)68)44-20-24-53-52-17-11-12-18-57(52)64(5,6)58(53)36-44/h7-36H,1-6H3. The zero-order valence-electron chi connectivity index (χ0n) is 39.1. The lowest BCUT2D eigenvalue weighted by atomic mass is 9.81. The third kappa shape index (κ3) is 6.24. The average Bonchev–Trinajstić information content (AvgIpc) is 3.80. The lowest BCUT2D eigenvalue weighted by Crippen LogP contribution is -2.14. The Bertz CT molecular complexity index is 3970. The van der Waals surface area contributed by atoms with Gasteiger partial charge in [0.15, 0.2) is 11.6 Å². The molecule has 1 aliphatic carbocycles. The topological polar surface area (TPSA) is 43.6 Å². The fourth-order valence-corrected chi connectivity index (χ4v) is 11.5. The zero-order valence-corrected chi connectivity index (χ0v) is 39.1. The molecule has 0 radical (unpaired) electrons. The van der Waals surface area contributed by atoms with Crippen LogP contribution in [0.5, 0.6) is 0 Å². The molecule has 0 unspecified atom stereocenters. The lowest BCUT2D eigenvalue weighted by Gasteiger charge is -2.22. The van der Waals surface area contributed by atoms with E-state index >= 15 is 0 Å². The minimum atomic E-state index is -0.103. The van der Waals surface area contributed by atoms with Crippen molar-refractivity contribution in [1.82, 2.24) is 19.5 Å². The molecule has 0 saturated carbocycles. The van der Waals surface area contributed by atoms with Gasteiger partial charge in [-0.25, -0.2) is 4.98 Å². The molecule has 0 atom stereocenters. The molecule has 0 bridgehead atoms. The maximum Gasteiger partial charge on any atom is 0.238 e. The van der Waals surface area contributed by atoms with E-state index in [1.54, 1.807) is 0 Å². The van der Waals surface area contributed by atoms with Gasteiger partial charge in [0.05, 0.1) is 11.0 Å². The molecule has 4 heteroatoms. The van der Waals surface area contributed by atoms with E-state index in [0.717, 1.165) is 38.5 Å². The zero-order chi connectivity index (χ0) is 46.0. The molecule has 2 aromatic heterocycles. The molecule has 12 aromatic rings. The van der Waals surface area contributed by atoms with Gasteiger partial charge in [0.25, 0.3) is 0 Å². The van der Waals surface area contributed by atoms with Gasteiger partial charge in [-0.2, -0.15) is 9.97 Å². The number of hydrogen-bond acceptors (Lipinski definition) is 3. The van der Waals surface area contributed by atoms with Crippen LogP contribution in [0.25, 0.3) is 116 Å². The number of benzene rings is 10. The Kier molecular flexibility index (Phi) is 8.79. The minimum Gasteiger partial charge on any atom is -0.278 e. The van der Waals surface area contributed by atoms with E-state index in [9.17, 15) is 0 Å². The largest absolute Gasteiger partial charge is 0.278 e. The van der Waals surface area contributed by atoms with E-state index in [2.05, 4.69) is 228 Å². The number of hydrogen-bond donors (Lipinski definition) is 0. The first-order valence-electron chi connectivity index (χ1n) is 23.7. The molecule has 0 saturated heterocycles. The molecule has 68 heavy (non-hydrogen) atoms. The van der Waals surface area contributed by atoms with Crippen LogP contribution in [0.4, 0.5) is 0 Å². The van der Waals surface area contributed by atoms with Gasteiger partial charge in [-0.15, -0.1) is 0 Å².